The second-order valence-electron chi connectivity index (χ2n) is 4.79. The summed E-state index contributed by atoms with van der Waals surface area (Å²) in [6.45, 7) is 3.87. The van der Waals surface area contributed by atoms with Crippen molar-refractivity contribution in [2.45, 2.75) is 19.8 Å². The molecule has 1 heterocycles. The molecule has 0 aromatic heterocycles. The molecule has 1 N–H and O–H groups in total. The van der Waals surface area contributed by atoms with Crippen molar-refractivity contribution in [1.82, 2.24) is 5.32 Å². The summed E-state index contributed by atoms with van der Waals surface area (Å²) in [7, 11) is 1.58. The molecular formula is C14H18ClNO2. The van der Waals surface area contributed by atoms with Gasteiger partial charge in [0, 0.05) is 12.0 Å². The fourth-order valence-corrected chi connectivity index (χ4v) is 2.61. The second kappa shape index (κ2) is 5.72. The van der Waals surface area contributed by atoms with Crippen LogP contribution in [0.25, 0.3) is 0 Å². The van der Waals surface area contributed by atoms with E-state index in [2.05, 4.69) is 5.32 Å². The monoisotopic (exact) mass is 267 g/mol. The third-order valence-electron chi connectivity index (χ3n) is 3.44. The highest BCUT2D eigenvalue weighted by Gasteiger charge is 2.20. The molecule has 0 spiro atoms. The summed E-state index contributed by atoms with van der Waals surface area (Å²) in [6.07, 6.45) is 1.67. The lowest BCUT2D eigenvalue weighted by molar-refractivity contribution is 0.0964. The molecule has 0 saturated carbocycles. The van der Waals surface area contributed by atoms with Crippen LogP contribution >= 0.6 is 11.6 Å². The van der Waals surface area contributed by atoms with Gasteiger partial charge in [-0.05, 0) is 50.0 Å². The SMILES string of the molecule is COc1cc(C)c(C(=O)CC2CCNC2)cc1Cl. The maximum atomic E-state index is 12.2. The van der Waals surface area contributed by atoms with Crippen LogP contribution in [-0.2, 0) is 0 Å². The molecule has 4 heteroatoms. The molecule has 3 nitrogen and oxygen atoms in total. The van der Waals surface area contributed by atoms with Crippen molar-refractivity contribution in [3.63, 3.8) is 0 Å². The Kier molecular flexibility index (Phi) is 4.25. The predicted octanol–water partition coefficient (Wildman–Crippen LogP) is 2.84. The number of aryl methyl sites for hydroxylation is 1. The summed E-state index contributed by atoms with van der Waals surface area (Å²) >= 11 is 6.07. The van der Waals surface area contributed by atoms with Crippen molar-refractivity contribution in [2.24, 2.45) is 5.92 Å². The van der Waals surface area contributed by atoms with Gasteiger partial charge >= 0.3 is 0 Å². The van der Waals surface area contributed by atoms with E-state index >= 15 is 0 Å². The third-order valence-corrected chi connectivity index (χ3v) is 3.73. The van der Waals surface area contributed by atoms with Crippen LogP contribution in [0.2, 0.25) is 5.02 Å². The van der Waals surface area contributed by atoms with Gasteiger partial charge in [-0.1, -0.05) is 11.6 Å². The predicted molar refractivity (Wildman–Crippen MR) is 72.7 cm³/mol. The summed E-state index contributed by atoms with van der Waals surface area (Å²) in [5.41, 5.74) is 1.64. The lowest BCUT2D eigenvalue weighted by atomic mass is 9.95. The van der Waals surface area contributed by atoms with Crippen LogP contribution in [0.5, 0.6) is 5.75 Å². The molecule has 0 radical (unpaired) electrons. The number of carbonyl (C=O) groups is 1. The van der Waals surface area contributed by atoms with Crippen LogP contribution < -0.4 is 10.1 Å². The van der Waals surface area contributed by atoms with Gasteiger partial charge in [0.15, 0.2) is 5.78 Å². The van der Waals surface area contributed by atoms with E-state index in [-0.39, 0.29) is 5.78 Å². The number of ketones is 1. The highest BCUT2D eigenvalue weighted by atomic mass is 35.5. The Hall–Kier alpha value is -1.06. The fraction of sp³-hybridized carbons (Fsp3) is 0.500. The van der Waals surface area contributed by atoms with E-state index in [0.29, 0.717) is 28.7 Å². The third kappa shape index (κ3) is 2.85. The van der Waals surface area contributed by atoms with Gasteiger partial charge in [0.05, 0.1) is 12.1 Å². The molecule has 0 bridgehead atoms. The minimum atomic E-state index is 0.172. The summed E-state index contributed by atoms with van der Waals surface area (Å²) in [5.74, 6) is 1.25. The largest absolute Gasteiger partial charge is 0.495 e. The first kappa shape index (κ1) is 13.4. The summed E-state index contributed by atoms with van der Waals surface area (Å²) in [5, 5.41) is 3.77. The minimum Gasteiger partial charge on any atom is -0.495 e. The topological polar surface area (TPSA) is 38.3 Å². The minimum absolute atomic E-state index is 0.172. The van der Waals surface area contributed by atoms with Crippen LogP contribution in [0.3, 0.4) is 0 Å². The van der Waals surface area contributed by atoms with Crippen LogP contribution in [-0.4, -0.2) is 26.0 Å². The first-order chi connectivity index (χ1) is 8.61. The lowest BCUT2D eigenvalue weighted by Crippen LogP contribution is -2.13. The molecule has 1 aromatic carbocycles. The van der Waals surface area contributed by atoms with Gasteiger partial charge in [-0.25, -0.2) is 0 Å². The molecular weight excluding hydrogens is 250 g/mol. The van der Waals surface area contributed by atoms with Gasteiger partial charge in [-0.15, -0.1) is 0 Å². The highest BCUT2D eigenvalue weighted by Crippen LogP contribution is 2.29. The molecule has 0 aliphatic carbocycles. The Morgan fingerprint density at radius 2 is 2.33 bits per heavy atom. The first-order valence-electron chi connectivity index (χ1n) is 6.20. The number of carbonyl (C=O) groups excluding carboxylic acids is 1. The molecule has 1 aliphatic rings. The van der Waals surface area contributed by atoms with E-state index in [1.54, 1.807) is 13.2 Å². The summed E-state index contributed by atoms with van der Waals surface area (Å²) < 4.78 is 5.14. The molecule has 2 rings (SSSR count). The molecule has 1 aliphatic heterocycles. The van der Waals surface area contributed by atoms with Crippen LogP contribution in [0, 0.1) is 12.8 Å². The van der Waals surface area contributed by atoms with E-state index < -0.39 is 0 Å². The quantitative estimate of drug-likeness (QED) is 0.853. The number of halogens is 1. The zero-order chi connectivity index (χ0) is 13.1. The van der Waals surface area contributed by atoms with Crippen molar-refractivity contribution in [3.05, 3.63) is 28.3 Å². The van der Waals surface area contributed by atoms with Gasteiger partial charge in [0.25, 0.3) is 0 Å². The van der Waals surface area contributed by atoms with Gasteiger partial charge in [-0.2, -0.15) is 0 Å². The Bertz CT molecular complexity index is 453. The average molecular weight is 268 g/mol. The molecule has 1 aromatic rings. The standard InChI is InChI=1S/C14H18ClNO2/c1-9-5-14(18-2)12(15)7-11(9)13(17)6-10-3-4-16-8-10/h5,7,10,16H,3-4,6,8H2,1-2H3. The number of hydrogen-bond acceptors (Lipinski definition) is 3. The molecule has 18 heavy (non-hydrogen) atoms. The van der Waals surface area contributed by atoms with E-state index in [0.717, 1.165) is 25.1 Å². The maximum Gasteiger partial charge on any atom is 0.163 e. The normalized spacial score (nSPS) is 18.9. The molecule has 1 unspecified atom stereocenters. The highest BCUT2D eigenvalue weighted by molar-refractivity contribution is 6.32. The number of nitrogens with one attached hydrogen (secondary N) is 1. The summed E-state index contributed by atoms with van der Waals surface area (Å²) in [4.78, 5) is 12.2. The maximum absolute atomic E-state index is 12.2. The van der Waals surface area contributed by atoms with E-state index in [1.807, 2.05) is 13.0 Å². The fourth-order valence-electron chi connectivity index (χ4n) is 2.37. The van der Waals surface area contributed by atoms with Crippen molar-refractivity contribution >= 4 is 17.4 Å². The van der Waals surface area contributed by atoms with Crippen LogP contribution in [0.4, 0.5) is 0 Å². The smallest absolute Gasteiger partial charge is 0.163 e. The number of benzene rings is 1. The summed E-state index contributed by atoms with van der Waals surface area (Å²) in [6, 6.07) is 3.54. The number of ether oxygens (including phenoxy) is 1. The van der Waals surface area contributed by atoms with Crippen molar-refractivity contribution in [3.8, 4) is 5.75 Å². The Morgan fingerprint density at radius 3 is 2.94 bits per heavy atom. The average Bonchev–Trinajstić information content (AvgIpc) is 2.84. The molecule has 98 valence electrons. The Labute approximate surface area is 112 Å². The second-order valence-corrected chi connectivity index (χ2v) is 5.20. The van der Waals surface area contributed by atoms with Crippen molar-refractivity contribution in [1.29, 1.82) is 0 Å². The zero-order valence-corrected chi connectivity index (χ0v) is 11.5. The number of hydrogen-bond donors (Lipinski definition) is 1. The number of rotatable bonds is 4. The van der Waals surface area contributed by atoms with Crippen LogP contribution in [0.15, 0.2) is 12.1 Å². The molecule has 1 saturated heterocycles. The van der Waals surface area contributed by atoms with Crippen molar-refractivity contribution in [2.75, 3.05) is 20.2 Å². The zero-order valence-electron chi connectivity index (χ0n) is 10.8. The molecule has 0 amide bonds. The molecule has 1 atom stereocenters. The van der Waals surface area contributed by atoms with Gasteiger partial charge in [-0.3, -0.25) is 4.79 Å². The van der Waals surface area contributed by atoms with E-state index in [1.165, 1.54) is 0 Å². The van der Waals surface area contributed by atoms with Crippen LogP contribution in [0.1, 0.15) is 28.8 Å². The number of methoxy groups -OCH3 is 1. The van der Waals surface area contributed by atoms with Gasteiger partial charge in [0.1, 0.15) is 5.75 Å². The lowest BCUT2D eigenvalue weighted by Gasteiger charge is -2.11. The van der Waals surface area contributed by atoms with E-state index in [9.17, 15) is 4.79 Å². The first-order valence-corrected chi connectivity index (χ1v) is 6.57. The van der Waals surface area contributed by atoms with E-state index in [4.69, 9.17) is 16.3 Å². The Balaban J connectivity index is 2.16. The van der Waals surface area contributed by atoms with Crippen molar-refractivity contribution < 1.29 is 9.53 Å². The van der Waals surface area contributed by atoms with Gasteiger partial charge < -0.3 is 10.1 Å². The Morgan fingerprint density at radius 1 is 1.56 bits per heavy atom. The number of Topliss-reactive ketones (excluding diaryl/α,β-unsaturated/α-hetero) is 1. The molecule has 1 fully saturated rings. The van der Waals surface area contributed by atoms with Gasteiger partial charge in [0.2, 0.25) is 0 Å².